The van der Waals surface area contributed by atoms with Gasteiger partial charge in [0.05, 0.1) is 12.8 Å². The van der Waals surface area contributed by atoms with E-state index in [1.54, 1.807) is 31.4 Å². The fourth-order valence-electron chi connectivity index (χ4n) is 3.03. The number of nitrogens with zero attached hydrogens (tertiary/aromatic N) is 2. The van der Waals surface area contributed by atoms with E-state index in [1.807, 2.05) is 60.1 Å². The van der Waals surface area contributed by atoms with Crippen molar-refractivity contribution in [3.8, 4) is 22.8 Å². The Bertz CT molecular complexity index is 1130. The number of amides is 1. The first-order valence-electron chi connectivity index (χ1n) is 9.24. The van der Waals surface area contributed by atoms with Crippen molar-refractivity contribution in [3.63, 3.8) is 0 Å². The molecule has 0 aliphatic rings. The van der Waals surface area contributed by atoms with Crippen LogP contribution < -0.4 is 14.8 Å². The molecular weight excluding hydrogens is 366 g/mol. The minimum Gasteiger partial charge on any atom is -0.497 e. The number of ether oxygens (including phenoxy) is 2. The van der Waals surface area contributed by atoms with Crippen LogP contribution in [0.4, 0.5) is 5.69 Å². The highest BCUT2D eigenvalue weighted by molar-refractivity contribution is 5.92. The topological polar surface area (TPSA) is 64.9 Å². The number of nitrogens with one attached hydrogen (secondary N) is 1. The number of methoxy groups -OCH3 is 1. The normalized spacial score (nSPS) is 10.7. The molecule has 4 rings (SSSR count). The molecule has 0 bridgehead atoms. The van der Waals surface area contributed by atoms with Crippen LogP contribution in [0.3, 0.4) is 0 Å². The molecule has 0 aliphatic carbocycles. The van der Waals surface area contributed by atoms with Gasteiger partial charge >= 0.3 is 0 Å². The van der Waals surface area contributed by atoms with Crippen LogP contribution in [0.25, 0.3) is 16.9 Å². The predicted molar refractivity (Wildman–Crippen MR) is 112 cm³/mol. The van der Waals surface area contributed by atoms with Crippen molar-refractivity contribution in [2.45, 2.75) is 6.92 Å². The van der Waals surface area contributed by atoms with E-state index >= 15 is 0 Å². The summed E-state index contributed by atoms with van der Waals surface area (Å²) in [7, 11) is 1.60. The number of imidazole rings is 1. The minimum absolute atomic E-state index is 0.0697. The Balaban J connectivity index is 1.38. The van der Waals surface area contributed by atoms with Gasteiger partial charge in [0.25, 0.3) is 5.91 Å². The van der Waals surface area contributed by atoms with Gasteiger partial charge in [0, 0.05) is 23.6 Å². The molecule has 146 valence electrons. The van der Waals surface area contributed by atoms with Gasteiger partial charge in [0.15, 0.2) is 6.61 Å². The van der Waals surface area contributed by atoms with Gasteiger partial charge in [0.1, 0.15) is 17.1 Å². The summed E-state index contributed by atoms with van der Waals surface area (Å²) in [5.74, 6) is 1.12. The van der Waals surface area contributed by atoms with E-state index in [-0.39, 0.29) is 12.5 Å². The molecule has 0 saturated carbocycles. The summed E-state index contributed by atoms with van der Waals surface area (Å²) in [5.41, 5.74) is 4.65. The zero-order valence-electron chi connectivity index (χ0n) is 16.3. The van der Waals surface area contributed by atoms with Crippen LogP contribution in [0.2, 0.25) is 0 Å². The van der Waals surface area contributed by atoms with Gasteiger partial charge in [-0.05, 0) is 55.0 Å². The number of carbonyl (C=O) groups is 1. The first-order chi connectivity index (χ1) is 14.1. The highest BCUT2D eigenvalue weighted by Gasteiger charge is 2.08. The van der Waals surface area contributed by atoms with E-state index in [0.29, 0.717) is 11.4 Å². The lowest BCUT2D eigenvalue weighted by Gasteiger charge is -2.08. The summed E-state index contributed by atoms with van der Waals surface area (Å²) in [6.45, 7) is 1.97. The highest BCUT2D eigenvalue weighted by atomic mass is 16.5. The molecule has 6 nitrogen and oxygen atoms in total. The molecule has 4 aromatic rings. The minimum atomic E-state index is -0.225. The first-order valence-corrected chi connectivity index (χ1v) is 9.24. The van der Waals surface area contributed by atoms with Crippen molar-refractivity contribution in [2.75, 3.05) is 19.0 Å². The van der Waals surface area contributed by atoms with E-state index in [1.165, 1.54) is 0 Å². The van der Waals surface area contributed by atoms with Crippen molar-refractivity contribution in [1.29, 1.82) is 0 Å². The third-order valence-electron chi connectivity index (χ3n) is 4.57. The maximum absolute atomic E-state index is 12.1. The number of pyridine rings is 1. The average Bonchev–Trinajstić information content (AvgIpc) is 3.19. The molecule has 2 aromatic heterocycles. The van der Waals surface area contributed by atoms with Crippen LogP contribution in [0.5, 0.6) is 11.5 Å². The van der Waals surface area contributed by atoms with Gasteiger partial charge in [-0.15, -0.1) is 0 Å². The molecule has 0 aliphatic heterocycles. The Hall–Kier alpha value is -3.80. The van der Waals surface area contributed by atoms with Crippen LogP contribution >= 0.6 is 0 Å². The Labute approximate surface area is 168 Å². The Morgan fingerprint density at radius 3 is 2.45 bits per heavy atom. The highest BCUT2D eigenvalue weighted by Crippen LogP contribution is 2.22. The molecule has 2 heterocycles. The third-order valence-corrected chi connectivity index (χ3v) is 4.57. The number of anilines is 1. The lowest BCUT2D eigenvalue weighted by Crippen LogP contribution is -2.20. The smallest absolute Gasteiger partial charge is 0.262 e. The van der Waals surface area contributed by atoms with E-state index in [4.69, 9.17) is 14.5 Å². The van der Waals surface area contributed by atoms with E-state index in [2.05, 4.69) is 5.32 Å². The second-order valence-electron chi connectivity index (χ2n) is 6.64. The fraction of sp³-hybridized carbons (Fsp3) is 0.130. The van der Waals surface area contributed by atoms with Gasteiger partial charge < -0.3 is 19.2 Å². The number of aromatic nitrogens is 2. The van der Waals surface area contributed by atoms with E-state index in [9.17, 15) is 4.79 Å². The zero-order valence-corrected chi connectivity index (χ0v) is 16.3. The summed E-state index contributed by atoms with van der Waals surface area (Å²) in [5, 5.41) is 2.83. The van der Waals surface area contributed by atoms with Crippen molar-refractivity contribution < 1.29 is 14.3 Å². The average molecular weight is 387 g/mol. The molecule has 0 spiro atoms. The summed E-state index contributed by atoms with van der Waals surface area (Å²) in [6, 6.07) is 18.7. The van der Waals surface area contributed by atoms with Crippen molar-refractivity contribution >= 4 is 17.2 Å². The molecule has 0 unspecified atom stereocenters. The molecule has 6 heteroatoms. The number of hydrogen-bond donors (Lipinski definition) is 1. The number of fused-ring (bicyclic) bond motifs is 1. The fourth-order valence-corrected chi connectivity index (χ4v) is 3.03. The van der Waals surface area contributed by atoms with Gasteiger partial charge in [0.2, 0.25) is 0 Å². The standard InChI is InChI=1S/C23H21N3O3/c1-16-4-3-13-26-14-21(25-23(16)26)17-5-7-18(8-6-17)24-22(27)15-29-20-11-9-19(28-2)10-12-20/h3-14H,15H2,1-2H3,(H,24,27). The van der Waals surface area contributed by atoms with Gasteiger partial charge in [-0.1, -0.05) is 18.2 Å². The van der Waals surface area contributed by atoms with Crippen molar-refractivity contribution in [1.82, 2.24) is 9.38 Å². The van der Waals surface area contributed by atoms with Crippen molar-refractivity contribution in [3.05, 3.63) is 78.6 Å². The SMILES string of the molecule is COc1ccc(OCC(=O)Nc2ccc(-c3cn4cccc(C)c4n3)cc2)cc1. The lowest BCUT2D eigenvalue weighted by atomic mass is 10.1. The number of hydrogen-bond acceptors (Lipinski definition) is 4. The molecule has 0 atom stereocenters. The third kappa shape index (κ3) is 4.21. The molecular formula is C23H21N3O3. The Morgan fingerprint density at radius 1 is 1.03 bits per heavy atom. The summed E-state index contributed by atoms with van der Waals surface area (Å²) in [6.07, 6.45) is 3.98. The van der Waals surface area contributed by atoms with E-state index < -0.39 is 0 Å². The molecule has 29 heavy (non-hydrogen) atoms. The number of rotatable bonds is 6. The van der Waals surface area contributed by atoms with Crippen LogP contribution in [-0.4, -0.2) is 29.0 Å². The second-order valence-corrected chi connectivity index (χ2v) is 6.64. The maximum Gasteiger partial charge on any atom is 0.262 e. The predicted octanol–water partition coefficient (Wildman–Crippen LogP) is 4.34. The largest absolute Gasteiger partial charge is 0.497 e. The van der Waals surface area contributed by atoms with Gasteiger partial charge in [-0.25, -0.2) is 4.98 Å². The molecule has 0 fully saturated rings. The molecule has 0 saturated heterocycles. The van der Waals surface area contributed by atoms with Crippen LogP contribution in [-0.2, 0) is 4.79 Å². The zero-order chi connectivity index (χ0) is 20.2. The summed E-state index contributed by atoms with van der Waals surface area (Å²) in [4.78, 5) is 16.8. The quantitative estimate of drug-likeness (QED) is 0.535. The summed E-state index contributed by atoms with van der Waals surface area (Å²) < 4.78 is 12.6. The van der Waals surface area contributed by atoms with E-state index in [0.717, 1.165) is 28.2 Å². The Morgan fingerprint density at radius 2 is 1.76 bits per heavy atom. The van der Waals surface area contributed by atoms with Gasteiger partial charge in [-0.3, -0.25) is 4.79 Å². The van der Waals surface area contributed by atoms with Crippen LogP contribution in [0.1, 0.15) is 5.56 Å². The maximum atomic E-state index is 12.1. The first kappa shape index (κ1) is 18.6. The number of aryl methyl sites for hydroxylation is 1. The monoisotopic (exact) mass is 387 g/mol. The van der Waals surface area contributed by atoms with Gasteiger partial charge in [-0.2, -0.15) is 0 Å². The molecule has 2 aromatic carbocycles. The summed E-state index contributed by atoms with van der Waals surface area (Å²) >= 11 is 0. The lowest BCUT2D eigenvalue weighted by molar-refractivity contribution is -0.118. The number of benzene rings is 2. The molecule has 1 N–H and O–H groups in total. The molecule has 0 radical (unpaired) electrons. The van der Waals surface area contributed by atoms with Crippen LogP contribution in [0, 0.1) is 6.92 Å². The second kappa shape index (κ2) is 8.06. The Kier molecular flexibility index (Phi) is 5.16. The number of carbonyl (C=O) groups excluding carboxylic acids is 1. The van der Waals surface area contributed by atoms with Crippen LogP contribution in [0.15, 0.2) is 73.1 Å². The molecule has 1 amide bonds. The van der Waals surface area contributed by atoms with Crippen molar-refractivity contribution in [2.24, 2.45) is 0 Å².